The van der Waals surface area contributed by atoms with E-state index in [0.29, 0.717) is 11.3 Å². The van der Waals surface area contributed by atoms with Gasteiger partial charge in [-0.05, 0) is 36.5 Å². The summed E-state index contributed by atoms with van der Waals surface area (Å²) in [5.74, 6) is 1.34. The maximum atomic E-state index is 7.35. The third-order valence-electron chi connectivity index (χ3n) is 2.86. The van der Waals surface area contributed by atoms with Crippen molar-refractivity contribution >= 4 is 29.2 Å². The van der Waals surface area contributed by atoms with Crippen LogP contribution in [0.25, 0.3) is 0 Å². The lowest BCUT2D eigenvalue weighted by Crippen LogP contribution is -2.18. The molecule has 0 aromatic heterocycles. The zero-order valence-corrected chi connectivity index (χ0v) is 10.6. The molecule has 16 heavy (non-hydrogen) atoms. The summed E-state index contributed by atoms with van der Waals surface area (Å²) in [4.78, 5) is 1.20. The lowest BCUT2D eigenvalue weighted by molar-refractivity contribution is 0.612. The van der Waals surface area contributed by atoms with Gasteiger partial charge in [0.15, 0.2) is 0 Å². The fourth-order valence-electron chi connectivity index (χ4n) is 1.75. The van der Waals surface area contributed by atoms with Gasteiger partial charge in [0.25, 0.3) is 0 Å². The molecule has 1 aromatic rings. The van der Waals surface area contributed by atoms with Crippen molar-refractivity contribution in [3.05, 3.63) is 29.3 Å². The van der Waals surface area contributed by atoms with Crippen LogP contribution in [-0.4, -0.2) is 11.6 Å². The van der Waals surface area contributed by atoms with Crippen LogP contribution >= 0.6 is 23.4 Å². The van der Waals surface area contributed by atoms with Gasteiger partial charge in [0.1, 0.15) is 0 Å². The van der Waals surface area contributed by atoms with E-state index in [2.05, 4.69) is 6.07 Å². The van der Waals surface area contributed by atoms with Crippen molar-refractivity contribution in [3.8, 4) is 0 Å². The molecule has 86 valence electrons. The van der Waals surface area contributed by atoms with E-state index in [1.165, 1.54) is 17.7 Å². The number of halogens is 1. The molecule has 0 saturated heterocycles. The second-order valence-electron chi connectivity index (χ2n) is 4.45. The Kier molecular flexibility index (Phi) is 3.45. The van der Waals surface area contributed by atoms with Crippen molar-refractivity contribution < 1.29 is 0 Å². The molecular formula is C12H15ClN2S. The second-order valence-corrected chi connectivity index (χ2v) is 5.93. The van der Waals surface area contributed by atoms with Crippen LogP contribution in [0.1, 0.15) is 19.3 Å². The zero-order valence-electron chi connectivity index (χ0n) is 9.00. The number of benzene rings is 1. The number of nitrogens with one attached hydrogen (secondary N) is 1. The highest BCUT2D eigenvalue weighted by atomic mass is 35.5. The highest BCUT2D eigenvalue weighted by Gasteiger charge is 2.42. The minimum Gasteiger partial charge on any atom is -0.388 e. The van der Waals surface area contributed by atoms with Crippen molar-refractivity contribution in [1.82, 2.24) is 0 Å². The Balaban J connectivity index is 1.90. The number of thioether (sulfide) groups is 1. The summed E-state index contributed by atoms with van der Waals surface area (Å²) < 4.78 is 0. The molecule has 1 aromatic carbocycles. The molecule has 3 N–H and O–H groups in total. The van der Waals surface area contributed by atoms with Gasteiger partial charge in [0.2, 0.25) is 0 Å². The quantitative estimate of drug-likeness (QED) is 0.480. The van der Waals surface area contributed by atoms with E-state index in [4.69, 9.17) is 22.7 Å². The molecule has 0 heterocycles. The number of nitrogens with two attached hydrogens (primary N) is 1. The number of rotatable bonds is 5. The van der Waals surface area contributed by atoms with Crippen molar-refractivity contribution in [2.45, 2.75) is 24.2 Å². The highest BCUT2D eigenvalue weighted by Crippen LogP contribution is 2.51. The molecular weight excluding hydrogens is 240 g/mol. The number of hydrogen-bond acceptors (Lipinski definition) is 2. The Morgan fingerprint density at radius 1 is 1.50 bits per heavy atom. The first-order valence-corrected chi connectivity index (χ1v) is 6.67. The summed E-state index contributed by atoms with van der Waals surface area (Å²) >= 11 is 7.74. The zero-order chi connectivity index (χ0) is 11.6. The Morgan fingerprint density at radius 3 is 2.81 bits per heavy atom. The third-order valence-corrected chi connectivity index (χ3v) is 4.44. The average Bonchev–Trinajstić information content (AvgIpc) is 2.95. The molecule has 0 amide bonds. The van der Waals surface area contributed by atoms with Gasteiger partial charge < -0.3 is 5.73 Å². The van der Waals surface area contributed by atoms with E-state index in [0.717, 1.165) is 17.2 Å². The lowest BCUT2D eigenvalue weighted by Gasteiger charge is -2.13. The normalized spacial score (nSPS) is 17.1. The van der Waals surface area contributed by atoms with Gasteiger partial charge in [0, 0.05) is 22.1 Å². The fraction of sp³-hybridized carbons (Fsp3) is 0.417. The largest absolute Gasteiger partial charge is 0.388 e. The van der Waals surface area contributed by atoms with E-state index in [1.54, 1.807) is 0 Å². The van der Waals surface area contributed by atoms with Crippen molar-refractivity contribution in [2.24, 2.45) is 11.1 Å². The predicted molar refractivity (Wildman–Crippen MR) is 70.4 cm³/mol. The summed E-state index contributed by atoms with van der Waals surface area (Å²) in [5.41, 5.74) is 5.76. The molecule has 0 atom stereocenters. The van der Waals surface area contributed by atoms with E-state index < -0.39 is 0 Å². The first kappa shape index (κ1) is 11.8. The van der Waals surface area contributed by atoms with Crippen molar-refractivity contribution in [1.29, 1.82) is 5.41 Å². The molecule has 2 rings (SSSR count). The molecule has 0 bridgehead atoms. The van der Waals surface area contributed by atoms with Gasteiger partial charge in [-0.3, -0.25) is 5.41 Å². The van der Waals surface area contributed by atoms with E-state index >= 15 is 0 Å². The Labute approximate surface area is 105 Å². The standard InChI is InChI=1S/C12H15ClN2S/c13-9-2-1-3-10(6-9)16-8-12(4-5-12)7-11(14)15/h1-3,6H,4-5,7-8H2,(H3,14,15). The maximum Gasteiger partial charge on any atom is 0.0911 e. The fourth-order valence-corrected chi connectivity index (χ4v) is 3.25. The van der Waals surface area contributed by atoms with Gasteiger partial charge in [0.05, 0.1) is 5.84 Å². The molecule has 1 aliphatic rings. The van der Waals surface area contributed by atoms with Crippen LogP contribution in [0.2, 0.25) is 5.02 Å². The summed E-state index contributed by atoms with van der Waals surface area (Å²) in [5, 5.41) is 8.13. The molecule has 0 spiro atoms. The van der Waals surface area contributed by atoms with E-state index in [-0.39, 0.29) is 0 Å². The Morgan fingerprint density at radius 2 is 2.25 bits per heavy atom. The molecule has 0 aliphatic heterocycles. The van der Waals surface area contributed by atoms with Crippen LogP contribution in [0.3, 0.4) is 0 Å². The van der Waals surface area contributed by atoms with Gasteiger partial charge in [-0.15, -0.1) is 11.8 Å². The smallest absolute Gasteiger partial charge is 0.0911 e. The van der Waals surface area contributed by atoms with Crippen LogP contribution < -0.4 is 5.73 Å². The first-order chi connectivity index (χ1) is 7.60. The highest BCUT2D eigenvalue weighted by molar-refractivity contribution is 7.99. The summed E-state index contributed by atoms with van der Waals surface area (Å²) in [6, 6.07) is 7.90. The monoisotopic (exact) mass is 254 g/mol. The molecule has 1 aliphatic carbocycles. The Hall–Kier alpha value is -0.670. The van der Waals surface area contributed by atoms with Crippen LogP contribution in [0.15, 0.2) is 29.2 Å². The molecule has 0 unspecified atom stereocenters. The second kappa shape index (κ2) is 4.68. The summed E-state index contributed by atoms with van der Waals surface area (Å²) in [6.07, 6.45) is 3.13. The van der Waals surface area contributed by atoms with Crippen LogP contribution in [0.4, 0.5) is 0 Å². The van der Waals surface area contributed by atoms with E-state index in [1.807, 2.05) is 30.0 Å². The molecule has 0 radical (unpaired) electrons. The van der Waals surface area contributed by atoms with Crippen molar-refractivity contribution in [2.75, 3.05) is 5.75 Å². The number of hydrogen-bond donors (Lipinski definition) is 2. The summed E-state index contributed by atoms with van der Waals surface area (Å²) in [7, 11) is 0. The van der Waals surface area contributed by atoms with Gasteiger partial charge >= 0.3 is 0 Å². The third kappa shape index (κ3) is 3.16. The minimum absolute atomic E-state index is 0.290. The van der Waals surface area contributed by atoms with E-state index in [9.17, 15) is 0 Å². The predicted octanol–water partition coefficient (Wildman–Crippen LogP) is 3.54. The van der Waals surface area contributed by atoms with Crippen molar-refractivity contribution in [3.63, 3.8) is 0 Å². The van der Waals surface area contributed by atoms with Gasteiger partial charge in [-0.2, -0.15) is 0 Å². The maximum absolute atomic E-state index is 7.35. The lowest BCUT2D eigenvalue weighted by atomic mass is 10.1. The Bertz CT molecular complexity index is 402. The van der Waals surface area contributed by atoms with Gasteiger partial charge in [-0.25, -0.2) is 0 Å². The molecule has 1 saturated carbocycles. The minimum atomic E-state index is 0.290. The van der Waals surface area contributed by atoms with Crippen LogP contribution in [0, 0.1) is 10.8 Å². The first-order valence-electron chi connectivity index (χ1n) is 5.31. The van der Waals surface area contributed by atoms with Gasteiger partial charge in [-0.1, -0.05) is 17.7 Å². The molecule has 2 nitrogen and oxygen atoms in total. The van der Waals surface area contributed by atoms with Crippen LogP contribution in [0.5, 0.6) is 0 Å². The topological polar surface area (TPSA) is 49.9 Å². The average molecular weight is 255 g/mol. The number of amidine groups is 1. The van der Waals surface area contributed by atoms with Crippen LogP contribution in [-0.2, 0) is 0 Å². The molecule has 1 fully saturated rings. The SMILES string of the molecule is N=C(N)CC1(CSc2cccc(Cl)c2)CC1. The summed E-state index contributed by atoms with van der Waals surface area (Å²) in [6.45, 7) is 0. The molecule has 4 heteroatoms.